The number of nitrogens with one attached hydrogen (secondary N) is 2. The Morgan fingerprint density at radius 2 is 1.93 bits per heavy atom. The number of amides is 2. The van der Waals surface area contributed by atoms with Crippen molar-refractivity contribution in [1.29, 1.82) is 0 Å². The van der Waals surface area contributed by atoms with Gasteiger partial charge in [0.05, 0.1) is 0 Å². The first-order chi connectivity index (χ1) is 13.3. The summed E-state index contributed by atoms with van der Waals surface area (Å²) in [6.45, 7) is 5.70. The molecule has 0 saturated heterocycles. The Balaban J connectivity index is 1.66. The second-order valence-electron chi connectivity index (χ2n) is 7.61. The van der Waals surface area contributed by atoms with Crippen LogP contribution in [-0.4, -0.2) is 37.0 Å². The van der Waals surface area contributed by atoms with Crippen molar-refractivity contribution in [3.05, 3.63) is 23.8 Å². The third kappa shape index (κ3) is 7.58. The largest absolute Gasteiger partial charge is 0.482 e. The predicted molar refractivity (Wildman–Crippen MR) is 106 cm³/mol. The van der Waals surface area contributed by atoms with Gasteiger partial charge in [0, 0.05) is 18.2 Å². The van der Waals surface area contributed by atoms with Crippen LogP contribution in [0, 0.1) is 5.92 Å². The van der Waals surface area contributed by atoms with Crippen LogP contribution in [0.4, 0.5) is 5.69 Å². The highest BCUT2D eigenvalue weighted by molar-refractivity contribution is 5.94. The molecular formula is C21H30N2O5. The lowest BCUT2D eigenvalue weighted by Gasteiger charge is -2.17. The Labute approximate surface area is 166 Å². The Morgan fingerprint density at radius 1 is 1.14 bits per heavy atom. The molecule has 0 saturated carbocycles. The molecule has 0 aliphatic carbocycles. The van der Waals surface area contributed by atoms with Gasteiger partial charge >= 0.3 is 5.97 Å². The van der Waals surface area contributed by atoms with E-state index in [2.05, 4.69) is 24.5 Å². The first-order valence-corrected chi connectivity index (χ1v) is 9.84. The maximum absolute atomic E-state index is 11.9. The van der Waals surface area contributed by atoms with Crippen LogP contribution in [0.25, 0.3) is 0 Å². The summed E-state index contributed by atoms with van der Waals surface area (Å²) in [5, 5.41) is 5.62. The molecule has 0 fully saturated rings. The van der Waals surface area contributed by atoms with Crippen molar-refractivity contribution in [3.63, 3.8) is 0 Å². The third-order valence-corrected chi connectivity index (χ3v) is 4.52. The van der Waals surface area contributed by atoms with E-state index in [0.717, 1.165) is 30.5 Å². The maximum Gasteiger partial charge on any atom is 0.344 e. The first kappa shape index (κ1) is 21.7. The summed E-state index contributed by atoms with van der Waals surface area (Å²) in [7, 11) is 0. The van der Waals surface area contributed by atoms with Crippen molar-refractivity contribution < 1.29 is 23.9 Å². The Kier molecular flexibility index (Phi) is 8.29. The van der Waals surface area contributed by atoms with Crippen LogP contribution in [0.2, 0.25) is 0 Å². The van der Waals surface area contributed by atoms with Gasteiger partial charge < -0.3 is 20.1 Å². The molecule has 1 atom stereocenters. The summed E-state index contributed by atoms with van der Waals surface area (Å²) >= 11 is 0. The average Bonchev–Trinajstić information content (AvgIpc) is 2.64. The molecule has 2 N–H and O–H groups in total. The molecule has 1 aliphatic rings. The third-order valence-electron chi connectivity index (χ3n) is 4.52. The molecule has 1 aromatic carbocycles. The van der Waals surface area contributed by atoms with E-state index in [1.165, 1.54) is 0 Å². The van der Waals surface area contributed by atoms with Gasteiger partial charge in [0.25, 0.3) is 5.91 Å². The fraction of sp³-hybridized carbons (Fsp3) is 0.571. The van der Waals surface area contributed by atoms with Crippen molar-refractivity contribution in [3.8, 4) is 5.75 Å². The highest BCUT2D eigenvalue weighted by atomic mass is 16.6. The lowest BCUT2D eigenvalue weighted by Crippen LogP contribution is -2.36. The minimum Gasteiger partial charge on any atom is -0.482 e. The number of carbonyl (C=O) groups excluding carboxylic acids is 3. The van der Waals surface area contributed by atoms with E-state index in [1.807, 2.05) is 6.92 Å². The van der Waals surface area contributed by atoms with E-state index in [9.17, 15) is 14.4 Å². The fourth-order valence-electron chi connectivity index (χ4n) is 3.00. The number of aryl methyl sites for hydroxylation is 1. The van der Waals surface area contributed by atoms with Gasteiger partial charge in [-0.1, -0.05) is 26.7 Å². The number of hydrogen-bond acceptors (Lipinski definition) is 5. The normalized spacial score (nSPS) is 14.1. The van der Waals surface area contributed by atoms with Crippen molar-refractivity contribution in [2.75, 3.05) is 18.5 Å². The number of rotatable bonds is 10. The molecule has 7 heteroatoms. The highest BCUT2D eigenvalue weighted by Crippen LogP contribution is 2.26. The average molecular weight is 390 g/mol. The van der Waals surface area contributed by atoms with E-state index < -0.39 is 5.97 Å². The van der Waals surface area contributed by atoms with Gasteiger partial charge in [-0.15, -0.1) is 0 Å². The zero-order chi connectivity index (χ0) is 20.5. The number of esters is 1. The highest BCUT2D eigenvalue weighted by Gasteiger charge is 2.16. The molecule has 154 valence electrons. The number of benzene rings is 1. The Morgan fingerprint density at radius 3 is 2.68 bits per heavy atom. The van der Waals surface area contributed by atoms with Crippen LogP contribution in [-0.2, 0) is 25.5 Å². The minimum absolute atomic E-state index is 0.00253. The quantitative estimate of drug-likeness (QED) is 0.599. The van der Waals surface area contributed by atoms with Crippen LogP contribution in [0.1, 0.15) is 52.0 Å². The zero-order valence-corrected chi connectivity index (χ0v) is 16.9. The number of carbonyl (C=O) groups is 3. The molecule has 2 amide bonds. The standard InChI is InChI=1S/C21H30N2O5/c1-14(2)5-4-6-15(3)22-20(25)12-28-21(26)13-27-17-8-9-18-16(11-17)7-10-19(24)23-18/h8-9,11,14-15H,4-7,10,12-13H2,1-3H3,(H,22,25)(H,23,24). The summed E-state index contributed by atoms with van der Waals surface area (Å²) in [4.78, 5) is 35.0. The van der Waals surface area contributed by atoms with E-state index in [-0.39, 0.29) is 31.1 Å². The fourth-order valence-corrected chi connectivity index (χ4v) is 3.00. The number of ether oxygens (including phenoxy) is 2. The van der Waals surface area contributed by atoms with Crippen molar-refractivity contribution >= 4 is 23.5 Å². The van der Waals surface area contributed by atoms with E-state index >= 15 is 0 Å². The summed E-state index contributed by atoms with van der Waals surface area (Å²) in [6.07, 6.45) is 4.15. The molecule has 0 aromatic heterocycles. The van der Waals surface area contributed by atoms with Crippen molar-refractivity contribution in [2.24, 2.45) is 5.92 Å². The van der Waals surface area contributed by atoms with E-state index in [4.69, 9.17) is 9.47 Å². The number of anilines is 1. The van der Waals surface area contributed by atoms with Gasteiger partial charge in [0.2, 0.25) is 5.91 Å². The molecule has 0 bridgehead atoms. The second kappa shape index (κ2) is 10.7. The molecule has 1 unspecified atom stereocenters. The van der Waals surface area contributed by atoms with Gasteiger partial charge in [-0.2, -0.15) is 0 Å². The Hall–Kier alpha value is -2.57. The molecule has 28 heavy (non-hydrogen) atoms. The molecular weight excluding hydrogens is 360 g/mol. The second-order valence-corrected chi connectivity index (χ2v) is 7.61. The molecule has 0 spiro atoms. The van der Waals surface area contributed by atoms with Crippen LogP contribution >= 0.6 is 0 Å². The Bertz CT molecular complexity index is 702. The predicted octanol–water partition coefficient (Wildman–Crippen LogP) is 2.82. The van der Waals surface area contributed by atoms with Crippen molar-refractivity contribution in [2.45, 2.75) is 58.9 Å². The van der Waals surface area contributed by atoms with Gasteiger partial charge in [-0.05, 0) is 49.4 Å². The molecule has 0 radical (unpaired) electrons. The topological polar surface area (TPSA) is 93.7 Å². The monoisotopic (exact) mass is 390 g/mol. The lowest BCUT2D eigenvalue weighted by molar-refractivity contribution is -0.150. The van der Waals surface area contributed by atoms with Gasteiger partial charge in [0.15, 0.2) is 13.2 Å². The number of fused-ring (bicyclic) bond motifs is 1. The van der Waals surface area contributed by atoms with E-state index in [0.29, 0.717) is 24.5 Å². The molecule has 1 heterocycles. The van der Waals surface area contributed by atoms with Crippen LogP contribution in [0.5, 0.6) is 5.75 Å². The van der Waals surface area contributed by atoms with Gasteiger partial charge in [-0.3, -0.25) is 9.59 Å². The van der Waals surface area contributed by atoms with Gasteiger partial charge in [-0.25, -0.2) is 4.79 Å². The molecule has 7 nitrogen and oxygen atoms in total. The molecule has 1 aromatic rings. The lowest BCUT2D eigenvalue weighted by atomic mass is 10.0. The van der Waals surface area contributed by atoms with Crippen LogP contribution in [0.3, 0.4) is 0 Å². The zero-order valence-electron chi connectivity index (χ0n) is 16.9. The summed E-state index contributed by atoms with van der Waals surface area (Å²) in [6, 6.07) is 5.29. The SMILES string of the molecule is CC(C)CCCC(C)NC(=O)COC(=O)COc1ccc2c(c1)CCC(=O)N2. The van der Waals surface area contributed by atoms with Crippen LogP contribution in [0.15, 0.2) is 18.2 Å². The first-order valence-electron chi connectivity index (χ1n) is 9.84. The molecule has 1 aliphatic heterocycles. The number of hydrogen-bond donors (Lipinski definition) is 2. The maximum atomic E-state index is 11.9. The summed E-state index contributed by atoms with van der Waals surface area (Å²) in [5.41, 5.74) is 1.74. The van der Waals surface area contributed by atoms with Gasteiger partial charge in [0.1, 0.15) is 5.75 Å². The van der Waals surface area contributed by atoms with E-state index in [1.54, 1.807) is 18.2 Å². The molecule has 2 rings (SSSR count). The summed E-state index contributed by atoms with van der Waals surface area (Å²) < 4.78 is 10.4. The smallest absolute Gasteiger partial charge is 0.344 e. The van der Waals surface area contributed by atoms with Crippen molar-refractivity contribution in [1.82, 2.24) is 5.32 Å². The summed E-state index contributed by atoms with van der Waals surface area (Å²) in [5.74, 6) is 0.258. The van der Waals surface area contributed by atoms with Crippen LogP contribution < -0.4 is 15.4 Å². The minimum atomic E-state index is -0.603.